The fourth-order valence-corrected chi connectivity index (χ4v) is 1.47. The SMILES string of the molecule is Nc1cccc(Oc2ncc(Br)cc2F)c1. The van der Waals surface area contributed by atoms with E-state index < -0.39 is 5.82 Å². The van der Waals surface area contributed by atoms with Gasteiger partial charge in [0.05, 0.1) is 0 Å². The maximum absolute atomic E-state index is 13.4. The van der Waals surface area contributed by atoms with E-state index in [9.17, 15) is 4.39 Å². The number of hydrogen-bond donors (Lipinski definition) is 1. The lowest BCUT2D eigenvalue weighted by atomic mass is 10.3. The summed E-state index contributed by atoms with van der Waals surface area (Å²) >= 11 is 3.12. The van der Waals surface area contributed by atoms with Gasteiger partial charge in [0.25, 0.3) is 5.88 Å². The Morgan fingerprint density at radius 1 is 1.31 bits per heavy atom. The van der Waals surface area contributed by atoms with Gasteiger partial charge in [0.1, 0.15) is 5.75 Å². The number of ether oxygens (including phenoxy) is 1. The molecule has 0 bridgehead atoms. The Hall–Kier alpha value is -1.62. The van der Waals surface area contributed by atoms with Crippen LogP contribution in [-0.4, -0.2) is 4.98 Å². The number of nitrogens with zero attached hydrogens (tertiary/aromatic N) is 1. The lowest BCUT2D eigenvalue weighted by molar-refractivity contribution is 0.422. The third-order valence-corrected chi connectivity index (χ3v) is 2.28. The molecule has 82 valence electrons. The Kier molecular flexibility index (Phi) is 3.05. The summed E-state index contributed by atoms with van der Waals surface area (Å²) in [6.45, 7) is 0. The molecule has 2 aromatic rings. The van der Waals surface area contributed by atoms with Gasteiger partial charge in [-0.3, -0.25) is 0 Å². The van der Waals surface area contributed by atoms with Crippen LogP contribution in [0.25, 0.3) is 0 Å². The van der Waals surface area contributed by atoms with Crippen LogP contribution in [0.2, 0.25) is 0 Å². The molecule has 0 amide bonds. The molecular weight excluding hydrogens is 275 g/mol. The van der Waals surface area contributed by atoms with Crippen molar-refractivity contribution in [3.8, 4) is 11.6 Å². The predicted octanol–water partition coefficient (Wildman–Crippen LogP) is 3.36. The highest BCUT2D eigenvalue weighted by Gasteiger charge is 2.06. The Balaban J connectivity index is 2.27. The van der Waals surface area contributed by atoms with Gasteiger partial charge in [0.2, 0.25) is 0 Å². The number of pyridine rings is 1. The molecule has 0 spiro atoms. The molecular formula is C11H8BrFN2O. The lowest BCUT2D eigenvalue weighted by Gasteiger charge is -2.06. The van der Waals surface area contributed by atoms with Gasteiger partial charge >= 0.3 is 0 Å². The molecule has 1 aromatic carbocycles. The number of rotatable bonds is 2. The van der Waals surface area contributed by atoms with Crippen LogP contribution in [0.5, 0.6) is 11.6 Å². The summed E-state index contributed by atoms with van der Waals surface area (Å²) in [5.74, 6) is -0.153. The normalized spacial score (nSPS) is 10.1. The van der Waals surface area contributed by atoms with E-state index in [2.05, 4.69) is 20.9 Å². The second-order valence-corrected chi connectivity index (χ2v) is 4.03. The number of benzene rings is 1. The van der Waals surface area contributed by atoms with Crippen molar-refractivity contribution in [1.82, 2.24) is 4.98 Å². The highest BCUT2D eigenvalue weighted by molar-refractivity contribution is 9.10. The minimum absolute atomic E-state index is 0.0752. The number of halogens is 2. The van der Waals surface area contributed by atoms with Gasteiger partial charge in [-0.05, 0) is 34.1 Å². The first-order valence-corrected chi connectivity index (χ1v) is 5.29. The van der Waals surface area contributed by atoms with Gasteiger partial charge in [-0.1, -0.05) is 6.07 Å². The van der Waals surface area contributed by atoms with Crippen LogP contribution in [0.4, 0.5) is 10.1 Å². The molecule has 0 radical (unpaired) electrons. The second-order valence-electron chi connectivity index (χ2n) is 3.12. The Labute approximate surface area is 100 Å². The maximum Gasteiger partial charge on any atom is 0.255 e. The summed E-state index contributed by atoms with van der Waals surface area (Å²) in [4.78, 5) is 3.82. The highest BCUT2D eigenvalue weighted by Crippen LogP contribution is 2.25. The van der Waals surface area contributed by atoms with Crippen molar-refractivity contribution < 1.29 is 9.13 Å². The average molecular weight is 283 g/mol. The third kappa shape index (κ3) is 2.49. The minimum Gasteiger partial charge on any atom is -0.436 e. The van der Waals surface area contributed by atoms with Crippen molar-refractivity contribution >= 4 is 21.6 Å². The first-order valence-electron chi connectivity index (χ1n) is 4.49. The summed E-state index contributed by atoms with van der Waals surface area (Å²) in [5.41, 5.74) is 6.12. The topological polar surface area (TPSA) is 48.1 Å². The van der Waals surface area contributed by atoms with Crippen molar-refractivity contribution in [2.24, 2.45) is 0 Å². The first-order chi connectivity index (χ1) is 7.65. The Morgan fingerprint density at radius 3 is 2.81 bits per heavy atom. The van der Waals surface area contributed by atoms with E-state index in [1.807, 2.05) is 0 Å². The molecule has 2 N–H and O–H groups in total. The van der Waals surface area contributed by atoms with E-state index >= 15 is 0 Å². The monoisotopic (exact) mass is 282 g/mol. The van der Waals surface area contributed by atoms with Crippen LogP contribution in [0.15, 0.2) is 41.0 Å². The molecule has 0 fully saturated rings. The van der Waals surface area contributed by atoms with Crippen LogP contribution < -0.4 is 10.5 Å². The van der Waals surface area contributed by atoms with E-state index in [0.29, 0.717) is 15.9 Å². The van der Waals surface area contributed by atoms with Gasteiger partial charge < -0.3 is 10.5 Å². The highest BCUT2D eigenvalue weighted by atomic mass is 79.9. The number of anilines is 1. The van der Waals surface area contributed by atoms with Gasteiger partial charge in [-0.15, -0.1) is 0 Å². The molecule has 0 unspecified atom stereocenters. The van der Waals surface area contributed by atoms with Crippen molar-refractivity contribution in [3.05, 3.63) is 46.8 Å². The van der Waals surface area contributed by atoms with E-state index in [4.69, 9.17) is 10.5 Å². The number of aromatic nitrogens is 1. The fraction of sp³-hybridized carbons (Fsp3) is 0. The molecule has 0 aliphatic heterocycles. The van der Waals surface area contributed by atoms with Gasteiger partial charge in [-0.2, -0.15) is 0 Å². The largest absolute Gasteiger partial charge is 0.436 e. The number of nitrogen functional groups attached to an aromatic ring is 1. The minimum atomic E-state index is -0.531. The molecule has 0 saturated carbocycles. The van der Waals surface area contributed by atoms with Gasteiger partial charge in [0, 0.05) is 22.4 Å². The molecule has 16 heavy (non-hydrogen) atoms. The molecule has 0 atom stereocenters. The summed E-state index contributed by atoms with van der Waals surface area (Å²) < 4.78 is 19.2. The molecule has 5 heteroatoms. The number of nitrogens with two attached hydrogens (primary N) is 1. The van der Waals surface area contributed by atoms with Crippen molar-refractivity contribution in [1.29, 1.82) is 0 Å². The Morgan fingerprint density at radius 2 is 2.12 bits per heavy atom. The predicted molar refractivity (Wildman–Crippen MR) is 62.8 cm³/mol. The van der Waals surface area contributed by atoms with Gasteiger partial charge in [-0.25, -0.2) is 9.37 Å². The number of hydrogen-bond acceptors (Lipinski definition) is 3. The molecule has 0 aliphatic carbocycles. The molecule has 0 saturated heterocycles. The van der Waals surface area contributed by atoms with Crippen molar-refractivity contribution in [2.45, 2.75) is 0 Å². The zero-order valence-electron chi connectivity index (χ0n) is 8.15. The van der Waals surface area contributed by atoms with E-state index in [1.54, 1.807) is 24.3 Å². The van der Waals surface area contributed by atoms with Crippen molar-refractivity contribution in [2.75, 3.05) is 5.73 Å². The zero-order valence-corrected chi connectivity index (χ0v) is 9.74. The molecule has 2 rings (SSSR count). The second kappa shape index (κ2) is 4.49. The molecule has 1 aromatic heterocycles. The van der Waals surface area contributed by atoms with Crippen LogP contribution in [0.3, 0.4) is 0 Å². The molecule has 1 heterocycles. The quantitative estimate of drug-likeness (QED) is 0.860. The summed E-state index contributed by atoms with van der Waals surface area (Å²) in [6, 6.07) is 8.01. The first kappa shape index (κ1) is 10.9. The molecule has 3 nitrogen and oxygen atoms in total. The standard InChI is InChI=1S/C11H8BrFN2O/c12-7-4-10(13)11(15-6-7)16-9-3-1-2-8(14)5-9/h1-6H,14H2. The van der Waals surface area contributed by atoms with Crippen LogP contribution >= 0.6 is 15.9 Å². The lowest BCUT2D eigenvalue weighted by Crippen LogP contribution is -1.92. The van der Waals surface area contributed by atoms with Crippen LogP contribution in [0, 0.1) is 5.82 Å². The van der Waals surface area contributed by atoms with E-state index in [1.165, 1.54) is 12.3 Å². The summed E-state index contributed by atoms with van der Waals surface area (Å²) in [7, 11) is 0. The summed E-state index contributed by atoms with van der Waals surface area (Å²) in [5, 5.41) is 0. The van der Waals surface area contributed by atoms with Crippen LogP contribution in [0.1, 0.15) is 0 Å². The van der Waals surface area contributed by atoms with E-state index in [0.717, 1.165) is 0 Å². The summed E-state index contributed by atoms with van der Waals surface area (Å²) in [6.07, 6.45) is 1.46. The molecule has 0 aliphatic rings. The smallest absolute Gasteiger partial charge is 0.255 e. The maximum atomic E-state index is 13.4. The zero-order chi connectivity index (χ0) is 11.5. The Bertz CT molecular complexity index is 519. The van der Waals surface area contributed by atoms with Crippen molar-refractivity contribution in [3.63, 3.8) is 0 Å². The van der Waals surface area contributed by atoms with Crippen LogP contribution in [-0.2, 0) is 0 Å². The fourth-order valence-electron chi connectivity index (χ4n) is 1.17. The average Bonchev–Trinajstić information content (AvgIpc) is 2.22. The van der Waals surface area contributed by atoms with Gasteiger partial charge in [0.15, 0.2) is 5.82 Å². The van der Waals surface area contributed by atoms with E-state index in [-0.39, 0.29) is 5.88 Å². The third-order valence-electron chi connectivity index (χ3n) is 1.85.